The molecule has 1 saturated heterocycles. The lowest BCUT2D eigenvalue weighted by molar-refractivity contribution is -0.137. The second kappa shape index (κ2) is 14.2. The molecule has 1 fully saturated rings. The third kappa shape index (κ3) is 8.32. The molecule has 12 heteroatoms. The number of benzene rings is 2. The SMILES string of the molecule is COC(=O)c1cncc(CCc2cccc(C(=O)Nc3ccc(N4CCNCC4)c(C(F)(F)F)c3)c2)c1.Cl.Cl. The first-order chi connectivity index (χ1) is 17.7. The van der Waals surface area contributed by atoms with E-state index in [0.29, 0.717) is 50.1 Å². The van der Waals surface area contributed by atoms with Crippen LogP contribution in [0.2, 0.25) is 0 Å². The number of methoxy groups -OCH3 is 1. The number of halogens is 5. The second-order valence-corrected chi connectivity index (χ2v) is 8.69. The van der Waals surface area contributed by atoms with Crippen LogP contribution in [0.15, 0.2) is 60.9 Å². The maximum absolute atomic E-state index is 13.8. The first-order valence-electron chi connectivity index (χ1n) is 11.8. The number of piperazine rings is 1. The van der Waals surface area contributed by atoms with Gasteiger partial charge in [-0.25, -0.2) is 4.79 Å². The van der Waals surface area contributed by atoms with E-state index >= 15 is 0 Å². The molecular formula is C27H29Cl2F3N4O3. The number of pyridine rings is 1. The van der Waals surface area contributed by atoms with E-state index in [1.165, 1.54) is 25.4 Å². The second-order valence-electron chi connectivity index (χ2n) is 8.69. The molecule has 4 rings (SSSR count). The van der Waals surface area contributed by atoms with Crippen LogP contribution in [0.3, 0.4) is 0 Å². The molecule has 3 aromatic rings. The molecule has 1 amide bonds. The van der Waals surface area contributed by atoms with Crippen molar-refractivity contribution in [2.45, 2.75) is 19.0 Å². The highest BCUT2D eigenvalue weighted by Crippen LogP contribution is 2.38. The third-order valence-corrected chi connectivity index (χ3v) is 6.13. The van der Waals surface area contributed by atoms with Gasteiger partial charge in [0.05, 0.1) is 18.2 Å². The molecule has 2 heterocycles. The summed E-state index contributed by atoms with van der Waals surface area (Å²) in [6.45, 7) is 2.17. The number of hydrogen-bond donors (Lipinski definition) is 2. The molecule has 0 radical (unpaired) electrons. The van der Waals surface area contributed by atoms with Crippen LogP contribution in [0.5, 0.6) is 0 Å². The number of rotatable bonds is 7. The average Bonchev–Trinajstić information content (AvgIpc) is 2.91. The van der Waals surface area contributed by atoms with Gasteiger partial charge in [0, 0.05) is 55.5 Å². The molecule has 1 aromatic heterocycles. The molecule has 0 saturated carbocycles. The third-order valence-electron chi connectivity index (χ3n) is 6.13. The van der Waals surface area contributed by atoms with Crippen LogP contribution in [-0.2, 0) is 23.8 Å². The van der Waals surface area contributed by atoms with Crippen LogP contribution in [-0.4, -0.2) is 50.1 Å². The van der Waals surface area contributed by atoms with Gasteiger partial charge >= 0.3 is 12.1 Å². The first-order valence-corrected chi connectivity index (χ1v) is 11.8. The highest BCUT2D eigenvalue weighted by atomic mass is 35.5. The lowest BCUT2D eigenvalue weighted by atomic mass is 10.0. The molecule has 0 spiro atoms. The summed E-state index contributed by atoms with van der Waals surface area (Å²) < 4.78 is 46.2. The number of esters is 1. The zero-order valence-electron chi connectivity index (χ0n) is 21.1. The summed E-state index contributed by atoms with van der Waals surface area (Å²) in [6.07, 6.45) is -0.316. The van der Waals surface area contributed by atoms with Crippen molar-refractivity contribution in [2.24, 2.45) is 0 Å². The van der Waals surface area contributed by atoms with E-state index in [1.54, 1.807) is 35.4 Å². The van der Waals surface area contributed by atoms with E-state index < -0.39 is 23.6 Å². The van der Waals surface area contributed by atoms with E-state index in [-0.39, 0.29) is 36.2 Å². The molecule has 0 aliphatic carbocycles. The summed E-state index contributed by atoms with van der Waals surface area (Å²) in [4.78, 5) is 30.3. The van der Waals surface area contributed by atoms with Crippen molar-refractivity contribution in [1.82, 2.24) is 10.3 Å². The largest absolute Gasteiger partial charge is 0.465 e. The smallest absolute Gasteiger partial charge is 0.418 e. The molecule has 1 aliphatic rings. The zero-order valence-corrected chi connectivity index (χ0v) is 22.7. The molecule has 1 aliphatic heterocycles. The molecule has 39 heavy (non-hydrogen) atoms. The molecule has 0 unspecified atom stereocenters. The monoisotopic (exact) mass is 584 g/mol. The number of alkyl halides is 3. The number of carbonyl (C=O) groups excluding carboxylic acids is 2. The summed E-state index contributed by atoms with van der Waals surface area (Å²) in [7, 11) is 1.30. The first kappa shape index (κ1) is 31.9. The Morgan fingerprint density at radius 1 is 0.974 bits per heavy atom. The van der Waals surface area contributed by atoms with Gasteiger partial charge in [0.15, 0.2) is 0 Å². The summed E-state index contributed by atoms with van der Waals surface area (Å²) in [6, 6.07) is 12.5. The van der Waals surface area contributed by atoms with Crippen LogP contribution in [0.4, 0.5) is 24.5 Å². The molecular weight excluding hydrogens is 556 g/mol. The summed E-state index contributed by atoms with van der Waals surface area (Å²) in [5, 5.41) is 5.73. The van der Waals surface area contributed by atoms with Gasteiger partial charge in [-0.05, 0) is 60.4 Å². The predicted octanol–water partition coefficient (Wildman–Crippen LogP) is 5.18. The summed E-state index contributed by atoms with van der Waals surface area (Å²) in [5.41, 5.74) is 1.80. The quantitative estimate of drug-likeness (QED) is 0.372. The van der Waals surface area contributed by atoms with Crippen molar-refractivity contribution >= 4 is 48.1 Å². The number of nitrogens with one attached hydrogen (secondary N) is 2. The Balaban J connectivity index is 0.00000267. The number of aromatic nitrogens is 1. The fourth-order valence-corrected chi connectivity index (χ4v) is 4.24. The van der Waals surface area contributed by atoms with E-state index in [1.807, 2.05) is 6.07 Å². The van der Waals surface area contributed by atoms with Gasteiger partial charge in [-0.3, -0.25) is 9.78 Å². The van der Waals surface area contributed by atoms with Crippen molar-refractivity contribution < 1.29 is 27.5 Å². The van der Waals surface area contributed by atoms with Gasteiger partial charge < -0.3 is 20.3 Å². The molecule has 2 N–H and O–H groups in total. The normalized spacial score (nSPS) is 13.1. The van der Waals surface area contributed by atoms with Gasteiger partial charge in [-0.1, -0.05) is 12.1 Å². The summed E-state index contributed by atoms with van der Waals surface area (Å²) >= 11 is 0. The van der Waals surface area contributed by atoms with Gasteiger partial charge in [0.2, 0.25) is 0 Å². The fourth-order valence-electron chi connectivity index (χ4n) is 4.24. The predicted molar refractivity (Wildman–Crippen MR) is 148 cm³/mol. The maximum Gasteiger partial charge on any atom is 0.418 e. The van der Waals surface area contributed by atoms with Crippen molar-refractivity contribution in [1.29, 1.82) is 0 Å². The lowest BCUT2D eigenvalue weighted by Crippen LogP contribution is -2.44. The number of ether oxygens (including phenoxy) is 1. The van der Waals surface area contributed by atoms with Crippen molar-refractivity contribution in [2.75, 3.05) is 43.5 Å². The average molecular weight is 585 g/mol. The number of aryl methyl sites for hydroxylation is 2. The van der Waals surface area contributed by atoms with Gasteiger partial charge in [0.25, 0.3) is 5.91 Å². The van der Waals surface area contributed by atoms with Gasteiger partial charge in [0.1, 0.15) is 0 Å². The highest BCUT2D eigenvalue weighted by Gasteiger charge is 2.35. The van der Waals surface area contributed by atoms with Crippen LogP contribution in [0, 0.1) is 0 Å². The number of hydrogen-bond acceptors (Lipinski definition) is 6. The molecule has 0 atom stereocenters. The number of anilines is 2. The molecule has 210 valence electrons. The molecule has 7 nitrogen and oxygen atoms in total. The van der Waals surface area contributed by atoms with Gasteiger partial charge in [-0.2, -0.15) is 13.2 Å². The van der Waals surface area contributed by atoms with Crippen LogP contribution in [0.1, 0.15) is 37.4 Å². The van der Waals surface area contributed by atoms with Crippen LogP contribution in [0.25, 0.3) is 0 Å². The minimum absolute atomic E-state index is 0. The van der Waals surface area contributed by atoms with Crippen LogP contribution < -0.4 is 15.5 Å². The Labute approximate surface area is 237 Å². The zero-order chi connectivity index (χ0) is 26.4. The van der Waals surface area contributed by atoms with Gasteiger partial charge in [-0.15, -0.1) is 24.8 Å². The number of carbonyl (C=O) groups is 2. The van der Waals surface area contributed by atoms with Crippen molar-refractivity contribution in [3.05, 3.63) is 88.7 Å². The standard InChI is InChI=1S/C27H27F3N4O3.2ClH/c1-37-26(36)21-14-19(16-32-17-21)6-5-18-3-2-4-20(13-18)25(35)33-22-7-8-24(23(15-22)27(28,29)30)34-11-9-31-10-12-34;;/h2-4,7-8,13-17,31H,5-6,9-12H2,1H3,(H,33,35);2*1H. The van der Waals surface area contributed by atoms with E-state index in [4.69, 9.17) is 4.74 Å². The Morgan fingerprint density at radius 2 is 1.67 bits per heavy atom. The Bertz CT molecular complexity index is 1290. The highest BCUT2D eigenvalue weighted by molar-refractivity contribution is 6.04. The minimum Gasteiger partial charge on any atom is -0.465 e. The summed E-state index contributed by atoms with van der Waals surface area (Å²) in [5.74, 6) is -0.970. The lowest BCUT2D eigenvalue weighted by Gasteiger charge is -2.31. The van der Waals surface area contributed by atoms with Crippen molar-refractivity contribution in [3.63, 3.8) is 0 Å². The van der Waals surface area contributed by atoms with E-state index in [9.17, 15) is 22.8 Å². The molecule has 0 bridgehead atoms. The minimum atomic E-state index is -4.55. The van der Waals surface area contributed by atoms with E-state index in [2.05, 4.69) is 15.6 Å². The Morgan fingerprint density at radius 3 is 2.36 bits per heavy atom. The fraction of sp³-hybridized carbons (Fsp3) is 0.296. The van der Waals surface area contributed by atoms with E-state index in [0.717, 1.165) is 17.2 Å². The topological polar surface area (TPSA) is 83.6 Å². The molecule has 2 aromatic carbocycles. The van der Waals surface area contributed by atoms with Crippen molar-refractivity contribution in [3.8, 4) is 0 Å². The Hall–Kier alpha value is -3.34. The number of amides is 1. The number of nitrogens with zero attached hydrogens (tertiary/aromatic N) is 2. The Kier molecular flexibility index (Phi) is 11.6. The maximum atomic E-state index is 13.8. The van der Waals surface area contributed by atoms with Crippen LogP contribution >= 0.6 is 24.8 Å².